The SMILES string of the molecule is CCc1c(F)ccc2cc(O)cc(N3CCc4c(nc(OC[C@@]56CCCN5C[C@H](F)C6)nc4N4CCCc5nn(C6CC6)cc5C4)C3)c12. The van der Waals surface area contributed by atoms with Crippen molar-refractivity contribution in [3.8, 4) is 11.8 Å². The molecule has 5 aliphatic rings. The van der Waals surface area contributed by atoms with Gasteiger partial charge in [0.2, 0.25) is 0 Å². The van der Waals surface area contributed by atoms with Gasteiger partial charge < -0.3 is 19.6 Å². The van der Waals surface area contributed by atoms with Gasteiger partial charge in [-0.1, -0.05) is 13.0 Å². The molecule has 0 unspecified atom stereocenters. The van der Waals surface area contributed by atoms with Gasteiger partial charge in [0.05, 0.1) is 29.5 Å². The number of fused-ring (bicyclic) bond motifs is 4. The number of nitrogens with zero attached hydrogens (tertiary/aromatic N) is 7. The fourth-order valence-electron chi connectivity index (χ4n) is 8.88. The first-order chi connectivity index (χ1) is 23.4. The largest absolute Gasteiger partial charge is 0.508 e. The Morgan fingerprint density at radius 2 is 1.92 bits per heavy atom. The molecule has 6 heterocycles. The Kier molecular flexibility index (Phi) is 7.25. The third-order valence-corrected chi connectivity index (χ3v) is 11.4. The summed E-state index contributed by atoms with van der Waals surface area (Å²) in [6.45, 7) is 6.43. The van der Waals surface area contributed by atoms with Crippen molar-refractivity contribution < 1.29 is 18.6 Å². The molecule has 9 nitrogen and oxygen atoms in total. The van der Waals surface area contributed by atoms with E-state index < -0.39 is 6.17 Å². The minimum Gasteiger partial charge on any atom is -0.508 e. The van der Waals surface area contributed by atoms with E-state index >= 15 is 4.39 Å². The second-order valence-electron chi connectivity index (χ2n) is 14.6. The van der Waals surface area contributed by atoms with E-state index in [-0.39, 0.29) is 17.1 Å². The zero-order valence-electron chi connectivity index (χ0n) is 27.6. The van der Waals surface area contributed by atoms with Crippen LogP contribution >= 0.6 is 0 Å². The molecule has 4 aromatic rings. The average molecular weight is 656 g/mol. The minimum atomic E-state index is -0.833. The number of phenols is 1. The zero-order chi connectivity index (χ0) is 32.6. The Morgan fingerprint density at radius 1 is 1.02 bits per heavy atom. The van der Waals surface area contributed by atoms with Gasteiger partial charge in [0.15, 0.2) is 0 Å². The smallest absolute Gasteiger partial charge is 0.318 e. The first kappa shape index (κ1) is 30.1. The molecule has 0 bridgehead atoms. The summed E-state index contributed by atoms with van der Waals surface area (Å²) in [4.78, 5) is 17.0. The second-order valence-corrected chi connectivity index (χ2v) is 14.6. The van der Waals surface area contributed by atoms with Gasteiger partial charge in [0.1, 0.15) is 30.2 Å². The minimum absolute atomic E-state index is 0.152. The normalized spacial score (nSPS) is 24.1. The van der Waals surface area contributed by atoms with Crippen molar-refractivity contribution in [2.45, 2.75) is 95.6 Å². The molecule has 0 spiro atoms. The van der Waals surface area contributed by atoms with E-state index in [9.17, 15) is 9.50 Å². The van der Waals surface area contributed by atoms with Crippen LogP contribution in [0.2, 0.25) is 0 Å². The summed E-state index contributed by atoms with van der Waals surface area (Å²) in [5.74, 6) is 0.820. The number of hydrogen-bond acceptors (Lipinski definition) is 8. The molecule has 2 aromatic heterocycles. The fourth-order valence-corrected chi connectivity index (χ4v) is 8.88. The number of ether oxygens (including phenoxy) is 1. The molecule has 1 N–H and O–H groups in total. The van der Waals surface area contributed by atoms with Gasteiger partial charge in [-0.2, -0.15) is 15.1 Å². The highest BCUT2D eigenvalue weighted by atomic mass is 19.1. The molecule has 252 valence electrons. The highest BCUT2D eigenvalue weighted by molar-refractivity contribution is 5.98. The van der Waals surface area contributed by atoms with Gasteiger partial charge in [0, 0.05) is 67.1 Å². The summed E-state index contributed by atoms with van der Waals surface area (Å²) in [5.41, 5.74) is 5.58. The molecule has 48 heavy (non-hydrogen) atoms. The fraction of sp³-hybridized carbons (Fsp3) is 0.541. The van der Waals surface area contributed by atoms with E-state index in [1.165, 1.54) is 30.2 Å². The molecule has 0 radical (unpaired) electrons. The van der Waals surface area contributed by atoms with E-state index in [0.29, 0.717) is 63.1 Å². The number of halogens is 2. The highest BCUT2D eigenvalue weighted by Crippen LogP contribution is 2.42. The van der Waals surface area contributed by atoms with Crippen molar-refractivity contribution >= 4 is 22.3 Å². The molecule has 11 heteroatoms. The van der Waals surface area contributed by atoms with Crippen LogP contribution in [-0.2, 0) is 32.4 Å². The van der Waals surface area contributed by atoms with Crippen molar-refractivity contribution in [2.75, 3.05) is 42.6 Å². The van der Waals surface area contributed by atoms with Crippen LogP contribution in [0.15, 0.2) is 30.5 Å². The summed E-state index contributed by atoms with van der Waals surface area (Å²) in [5, 5.41) is 17.3. The third kappa shape index (κ3) is 5.16. The van der Waals surface area contributed by atoms with Crippen molar-refractivity contribution in [3.63, 3.8) is 0 Å². The maximum atomic E-state index is 15.1. The van der Waals surface area contributed by atoms with Crippen molar-refractivity contribution in [3.05, 3.63) is 64.4 Å². The molecule has 4 aliphatic heterocycles. The molecule has 2 aromatic carbocycles. The van der Waals surface area contributed by atoms with E-state index in [2.05, 4.69) is 25.6 Å². The third-order valence-electron chi connectivity index (χ3n) is 11.4. The van der Waals surface area contributed by atoms with E-state index in [4.69, 9.17) is 19.8 Å². The number of benzene rings is 2. The zero-order valence-corrected chi connectivity index (χ0v) is 27.6. The van der Waals surface area contributed by atoms with Crippen LogP contribution in [0.4, 0.5) is 20.3 Å². The van der Waals surface area contributed by atoms with Crippen LogP contribution in [-0.4, -0.2) is 74.3 Å². The number of aryl methyl sites for hydroxylation is 2. The van der Waals surface area contributed by atoms with Crippen LogP contribution in [0.1, 0.15) is 79.6 Å². The number of phenolic OH excluding ortho intramolecular Hbond substituents is 1. The first-order valence-electron chi connectivity index (χ1n) is 17.8. The first-order valence-corrected chi connectivity index (χ1v) is 17.8. The Labute approximate surface area is 279 Å². The van der Waals surface area contributed by atoms with Gasteiger partial charge in [-0.05, 0) is 81.0 Å². The second kappa shape index (κ2) is 11.6. The maximum absolute atomic E-state index is 15.1. The highest BCUT2D eigenvalue weighted by Gasteiger charge is 2.49. The maximum Gasteiger partial charge on any atom is 0.318 e. The molecule has 0 amide bonds. The summed E-state index contributed by atoms with van der Waals surface area (Å²) >= 11 is 0. The number of anilines is 2. The van der Waals surface area contributed by atoms with E-state index in [1.807, 2.05) is 6.92 Å². The quantitative estimate of drug-likeness (QED) is 0.258. The lowest BCUT2D eigenvalue weighted by Crippen LogP contribution is -2.43. The van der Waals surface area contributed by atoms with Crippen LogP contribution in [0, 0.1) is 5.82 Å². The van der Waals surface area contributed by atoms with Crippen LogP contribution in [0.3, 0.4) is 0 Å². The summed E-state index contributed by atoms with van der Waals surface area (Å²) < 4.78 is 38.3. The Morgan fingerprint density at radius 3 is 2.77 bits per heavy atom. The van der Waals surface area contributed by atoms with Gasteiger partial charge in [-0.15, -0.1) is 0 Å². The van der Waals surface area contributed by atoms with Crippen molar-refractivity contribution in [1.29, 1.82) is 0 Å². The molecular formula is C37H43F2N7O2. The lowest BCUT2D eigenvalue weighted by atomic mass is 9.95. The number of aromatic nitrogens is 4. The number of hydrogen-bond donors (Lipinski definition) is 1. The van der Waals surface area contributed by atoms with Gasteiger partial charge in [0.25, 0.3) is 0 Å². The average Bonchev–Trinajstić information content (AvgIpc) is 3.70. The Bertz CT molecular complexity index is 1890. The summed E-state index contributed by atoms with van der Waals surface area (Å²) in [6.07, 6.45) is 9.41. The lowest BCUT2D eigenvalue weighted by Gasteiger charge is -2.35. The monoisotopic (exact) mass is 655 g/mol. The Balaban J connectivity index is 1.09. The van der Waals surface area contributed by atoms with Gasteiger partial charge in [-0.25, -0.2) is 8.78 Å². The number of rotatable bonds is 7. The molecule has 1 saturated carbocycles. The van der Waals surface area contributed by atoms with Crippen molar-refractivity contribution in [2.24, 2.45) is 0 Å². The van der Waals surface area contributed by atoms with Gasteiger partial charge >= 0.3 is 6.01 Å². The topological polar surface area (TPSA) is 82.8 Å². The molecular weight excluding hydrogens is 612 g/mol. The predicted molar refractivity (Wildman–Crippen MR) is 180 cm³/mol. The summed E-state index contributed by atoms with van der Waals surface area (Å²) in [7, 11) is 0. The molecule has 2 atom stereocenters. The molecule has 3 fully saturated rings. The van der Waals surface area contributed by atoms with Gasteiger partial charge in [-0.3, -0.25) is 9.58 Å². The van der Waals surface area contributed by atoms with Crippen LogP contribution < -0.4 is 14.5 Å². The molecule has 1 aliphatic carbocycles. The Hall–Kier alpha value is -3.99. The lowest BCUT2D eigenvalue weighted by molar-refractivity contribution is 0.107. The van der Waals surface area contributed by atoms with E-state index in [0.717, 1.165) is 78.9 Å². The van der Waals surface area contributed by atoms with E-state index in [1.54, 1.807) is 18.2 Å². The van der Waals surface area contributed by atoms with Crippen LogP contribution in [0.5, 0.6) is 11.8 Å². The van der Waals surface area contributed by atoms with Crippen LogP contribution in [0.25, 0.3) is 10.8 Å². The standard InChI is InChI=1S/C37H43F2N7O2/c1-2-28-30(39)9-6-23-15-27(47)16-33(34(23)28)43-14-10-29-32(21-43)40-36(48-22-37-11-4-13-45(37)20-25(38)17-37)41-35(29)44-12-3-5-31-24(18-44)19-46(42-31)26-7-8-26/h6,9,15-16,19,25-26,47H,2-5,7-8,10-14,17-18,20-22H2,1H3/t25-,37+/m1/s1. The number of aromatic hydroxyl groups is 1. The summed E-state index contributed by atoms with van der Waals surface area (Å²) in [6, 6.07) is 7.55. The number of alkyl halides is 1. The molecule has 9 rings (SSSR count). The predicted octanol–water partition coefficient (Wildman–Crippen LogP) is 6.04. The van der Waals surface area contributed by atoms with Crippen molar-refractivity contribution in [1.82, 2.24) is 24.6 Å². The molecule has 2 saturated heterocycles.